The SMILES string of the molecule is CCOC(=O)c1nnc(N)s1.CNC(=O)c1nnc(N)s1. The molecule has 0 aromatic carbocycles. The molecule has 114 valence electrons. The van der Waals surface area contributed by atoms with Gasteiger partial charge in [-0.2, -0.15) is 0 Å². The van der Waals surface area contributed by atoms with Gasteiger partial charge in [0.2, 0.25) is 20.3 Å². The second-order valence-corrected chi connectivity index (χ2v) is 5.21. The van der Waals surface area contributed by atoms with Crippen molar-refractivity contribution in [2.75, 3.05) is 25.1 Å². The van der Waals surface area contributed by atoms with E-state index >= 15 is 0 Å². The first-order valence-corrected chi connectivity index (χ1v) is 7.18. The number of ether oxygens (including phenoxy) is 1. The van der Waals surface area contributed by atoms with Gasteiger partial charge in [0.1, 0.15) is 0 Å². The normalized spacial score (nSPS) is 9.43. The number of carbonyl (C=O) groups is 2. The maximum Gasteiger partial charge on any atom is 0.369 e. The summed E-state index contributed by atoms with van der Waals surface area (Å²) in [5.41, 5.74) is 10.5. The summed E-state index contributed by atoms with van der Waals surface area (Å²) >= 11 is 2.08. The maximum absolute atomic E-state index is 10.9. The van der Waals surface area contributed by atoms with Gasteiger partial charge in [-0.1, -0.05) is 22.7 Å². The van der Waals surface area contributed by atoms with Crippen molar-refractivity contribution in [3.63, 3.8) is 0 Å². The monoisotopic (exact) mass is 331 g/mol. The number of hydrogen-bond donors (Lipinski definition) is 3. The molecule has 2 aromatic rings. The van der Waals surface area contributed by atoms with Crippen molar-refractivity contribution in [1.29, 1.82) is 0 Å². The first kappa shape index (κ1) is 16.7. The highest BCUT2D eigenvalue weighted by molar-refractivity contribution is 7.17. The van der Waals surface area contributed by atoms with Crippen LogP contribution in [-0.2, 0) is 4.74 Å². The molecule has 2 heterocycles. The van der Waals surface area contributed by atoms with E-state index in [-0.39, 0.29) is 16.0 Å². The highest BCUT2D eigenvalue weighted by Gasteiger charge is 2.11. The van der Waals surface area contributed by atoms with Crippen LogP contribution < -0.4 is 16.8 Å². The van der Waals surface area contributed by atoms with E-state index in [1.54, 1.807) is 6.92 Å². The highest BCUT2D eigenvalue weighted by Crippen LogP contribution is 2.11. The number of amides is 1. The van der Waals surface area contributed by atoms with Crippen LogP contribution in [0.1, 0.15) is 26.5 Å². The molecule has 0 fully saturated rings. The fraction of sp³-hybridized carbons (Fsp3) is 0.333. The number of anilines is 2. The van der Waals surface area contributed by atoms with Crippen LogP contribution in [0, 0.1) is 0 Å². The van der Waals surface area contributed by atoms with E-state index < -0.39 is 5.97 Å². The predicted octanol–water partition coefficient (Wildman–Crippen LogP) is -0.223. The van der Waals surface area contributed by atoms with Crippen molar-refractivity contribution >= 4 is 44.8 Å². The molecule has 1 amide bonds. The molecule has 10 nitrogen and oxygen atoms in total. The van der Waals surface area contributed by atoms with Crippen LogP contribution in [0.2, 0.25) is 0 Å². The Morgan fingerprint density at radius 2 is 1.62 bits per heavy atom. The average Bonchev–Trinajstić information content (AvgIpc) is 3.08. The lowest BCUT2D eigenvalue weighted by Crippen LogP contribution is -2.17. The van der Waals surface area contributed by atoms with Gasteiger partial charge in [0.05, 0.1) is 6.61 Å². The van der Waals surface area contributed by atoms with Crippen molar-refractivity contribution in [3.05, 3.63) is 10.0 Å². The highest BCUT2D eigenvalue weighted by atomic mass is 32.1. The van der Waals surface area contributed by atoms with Crippen molar-refractivity contribution in [3.8, 4) is 0 Å². The van der Waals surface area contributed by atoms with E-state index in [1.807, 2.05) is 0 Å². The Hall–Kier alpha value is -2.34. The minimum Gasteiger partial charge on any atom is -0.461 e. The van der Waals surface area contributed by atoms with Crippen molar-refractivity contribution in [1.82, 2.24) is 25.7 Å². The number of nitrogens with two attached hydrogens (primary N) is 2. The summed E-state index contributed by atoms with van der Waals surface area (Å²) in [7, 11) is 1.53. The van der Waals surface area contributed by atoms with Gasteiger partial charge >= 0.3 is 5.97 Å². The van der Waals surface area contributed by atoms with Crippen LogP contribution in [0.15, 0.2) is 0 Å². The fourth-order valence-electron chi connectivity index (χ4n) is 0.943. The van der Waals surface area contributed by atoms with E-state index in [4.69, 9.17) is 11.5 Å². The number of esters is 1. The molecule has 5 N–H and O–H groups in total. The number of nitrogens with zero attached hydrogens (tertiary/aromatic N) is 4. The number of aromatic nitrogens is 4. The van der Waals surface area contributed by atoms with E-state index in [0.717, 1.165) is 22.7 Å². The molecule has 0 bridgehead atoms. The summed E-state index contributed by atoms with van der Waals surface area (Å²) in [6.07, 6.45) is 0. The molecule has 0 atom stereocenters. The maximum atomic E-state index is 10.9. The third-order valence-corrected chi connectivity index (χ3v) is 3.24. The van der Waals surface area contributed by atoms with Crippen LogP contribution in [0.5, 0.6) is 0 Å². The molecular weight excluding hydrogens is 318 g/mol. The van der Waals surface area contributed by atoms with Gasteiger partial charge in [-0.15, -0.1) is 20.4 Å². The standard InChI is InChI=1S/C5H7N3O2S.C4H6N4OS/c1-2-10-4(9)3-7-8-5(6)11-3;1-6-2(9)3-7-8-4(5)10-3/h2H2,1H3,(H2,6,8);1H3,(H2,5,8)(H,6,9). The third-order valence-electron chi connectivity index (χ3n) is 1.75. The Balaban J connectivity index is 0.000000211. The second-order valence-electron chi connectivity index (χ2n) is 3.19. The zero-order valence-electron chi connectivity index (χ0n) is 11.2. The fourth-order valence-corrected chi connectivity index (χ4v) is 2.00. The van der Waals surface area contributed by atoms with Gasteiger partial charge in [0.15, 0.2) is 0 Å². The molecule has 0 radical (unpaired) electrons. The smallest absolute Gasteiger partial charge is 0.369 e. The molecule has 12 heteroatoms. The molecule has 0 unspecified atom stereocenters. The Morgan fingerprint density at radius 3 is 2.00 bits per heavy atom. The largest absolute Gasteiger partial charge is 0.461 e. The van der Waals surface area contributed by atoms with Crippen LogP contribution in [0.3, 0.4) is 0 Å². The second kappa shape index (κ2) is 8.06. The Kier molecular flexibility index (Phi) is 6.42. The molecule has 0 aliphatic rings. The Morgan fingerprint density at radius 1 is 1.10 bits per heavy atom. The predicted molar refractivity (Wildman–Crippen MR) is 78.0 cm³/mol. The minimum atomic E-state index is -0.471. The molecule has 2 rings (SSSR count). The summed E-state index contributed by atoms with van der Waals surface area (Å²) in [5.74, 6) is -0.726. The molecule has 0 saturated heterocycles. The van der Waals surface area contributed by atoms with E-state index in [2.05, 4.69) is 30.4 Å². The quantitative estimate of drug-likeness (QED) is 0.646. The first-order chi connectivity index (χ1) is 9.97. The van der Waals surface area contributed by atoms with Gasteiger partial charge in [-0.05, 0) is 6.92 Å². The zero-order chi connectivity index (χ0) is 15.8. The van der Waals surface area contributed by atoms with Crippen molar-refractivity contribution in [2.24, 2.45) is 0 Å². The van der Waals surface area contributed by atoms with Crippen LogP contribution >= 0.6 is 22.7 Å². The molecule has 21 heavy (non-hydrogen) atoms. The van der Waals surface area contributed by atoms with Crippen molar-refractivity contribution < 1.29 is 14.3 Å². The lowest BCUT2D eigenvalue weighted by Gasteiger charge is -1.93. The lowest BCUT2D eigenvalue weighted by atomic mass is 10.6. The van der Waals surface area contributed by atoms with Gasteiger partial charge in [-0.25, -0.2) is 4.79 Å². The molecule has 0 aliphatic carbocycles. The van der Waals surface area contributed by atoms with Gasteiger partial charge < -0.3 is 21.5 Å². The van der Waals surface area contributed by atoms with Gasteiger partial charge in [0.25, 0.3) is 5.91 Å². The summed E-state index contributed by atoms with van der Waals surface area (Å²) in [6, 6.07) is 0. The number of nitrogen functional groups attached to an aromatic ring is 2. The van der Waals surface area contributed by atoms with E-state index in [9.17, 15) is 9.59 Å². The molecule has 0 spiro atoms. The summed E-state index contributed by atoms with van der Waals surface area (Å²) in [5, 5.41) is 17.4. The molecular formula is C9H13N7O3S2. The number of rotatable bonds is 3. The summed E-state index contributed by atoms with van der Waals surface area (Å²) in [6.45, 7) is 2.06. The van der Waals surface area contributed by atoms with Gasteiger partial charge in [0, 0.05) is 7.05 Å². The van der Waals surface area contributed by atoms with Crippen LogP contribution in [-0.4, -0.2) is 45.9 Å². The third kappa shape index (κ3) is 5.27. The number of carbonyl (C=O) groups excluding carboxylic acids is 2. The number of nitrogens with one attached hydrogen (secondary N) is 1. The topological polar surface area (TPSA) is 159 Å². The Bertz CT molecular complexity index is 612. The zero-order valence-corrected chi connectivity index (χ0v) is 12.8. The average molecular weight is 331 g/mol. The summed E-state index contributed by atoms with van der Waals surface area (Å²) in [4.78, 5) is 21.7. The first-order valence-electron chi connectivity index (χ1n) is 5.55. The van der Waals surface area contributed by atoms with Gasteiger partial charge in [-0.3, -0.25) is 4.79 Å². The molecule has 0 aliphatic heterocycles. The lowest BCUT2D eigenvalue weighted by molar-refractivity contribution is 0.0525. The Labute approximate surface area is 127 Å². The van der Waals surface area contributed by atoms with E-state index in [0.29, 0.717) is 16.7 Å². The van der Waals surface area contributed by atoms with E-state index in [1.165, 1.54) is 7.05 Å². The van der Waals surface area contributed by atoms with Crippen LogP contribution in [0.4, 0.5) is 10.3 Å². The molecule has 0 saturated carbocycles. The molecule has 2 aromatic heterocycles. The number of hydrogen-bond acceptors (Lipinski definition) is 11. The minimum absolute atomic E-state index is 0.198. The van der Waals surface area contributed by atoms with Crippen LogP contribution in [0.25, 0.3) is 0 Å². The summed E-state index contributed by atoms with van der Waals surface area (Å²) < 4.78 is 4.65. The van der Waals surface area contributed by atoms with Crippen molar-refractivity contribution in [2.45, 2.75) is 6.92 Å².